The van der Waals surface area contributed by atoms with Gasteiger partial charge in [-0.05, 0) is 6.92 Å². The van der Waals surface area contributed by atoms with Gasteiger partial charge in [-0.3, -0.25) is 0 Å². The van der Waals surface area contributed by atoms with E-state index < -0.39 is 49.3 Å². The summed E-state index contributed by atoms with van der Waals surface area (Å²) < 4.78 is 9.89. The third-order valence-corrected chi connectivity index (χ3v) is 2.63. The van der Waals surface area contributed by atoms with Crippen LogP contribution in [0, 0.1) is 0 Å². The summed E-state index contributed by atoms with van der Waals surface area (Å²) in [6.07, 6.45) is -6.11. The van der Waals surface area contributed by atoms with E-state index in [0.717, 1.165) is 0 Å². The Hall–Kier alpha value is 0.152. The molecule has 0 saturated carbocycles. The first-order valence-corrected chi connectivity index (χ1v) is 5.14. The van der Waals surface area contributed by atoms with Gasteiger partial charge >= 0.3 is 33.3 Å². The Bertz CT molecular complexity index is 280. The fourth-order valence-corrected chi connectivity index (χ4v) is 1.57. The van der Waals surface area contributed by atoms with E-state index in [1.807, 2.05) is 0 Å². The molecule has 2 radical (unpaired) electrons. The third kappa shape index (κ3) is 4.08. The first-order valence-electron chi connectivity index (χ1n) is 5.14. The van der Waals surface area contributed by atoms with Crippen molar-refractivity contribution < 1.29 is 34.7 Å². The molecule has 6 N–H and O–H groups in total. The zero-order chi connectivity index (χ0) is 13.2. The molecule has 8 nitrogen and oxygen atoms in total. The van der Waals surface area contributed by atoms with Crippen LogP contribution in [0.15, 0.2) is 0 Å². The number of carbonyl (C=O) groups is 1. The first kappa shape index (κ1) is 18.2. The van der Waals surface area contributed by atoms with Crippen LogP contribution in [0.25, 0.3) is 0 Å². The Morgan fingerprint density at radius 1 is 1.50 bits per heavy atom. The Balaban J connectivity index is 0.00000289. The van der Waals surface area contributed by atoms with Crippen molar-refractivity contribution in [3.8, 4) is 0 Å². The normalized spacial score (nSPS) is 37.7. The number of rotatable bonds is 4. The molecule has 0 aromatic rings. The number of aliphatic carboxylic acids is 1. The van der Waals surface area contributed by atoms with Gasteiger partial charge in [0.2, 0.25) is 0 Å². The molecule has 0 amide bonds. The number of aliphatic hydroxyl groups is 3. The number of hydrogen-bond acceptors (Lipinski definition) is 7. The van der Waals surface area contributed by atoms with Gasteiger partial charge in [0, 0.05) is 0 Å². The van der Waals surface area contributed by atoms with E-state index in [-0.39, 0.29) is 27.3 Å². The summed E-state index contributed by atoms with van der Waals surface area (Å²) in [7, 11) is 0. The van der Waals surface area contributed by atoms with Gasteiger partial charge in [0.05, 0.1) is 12.6 Å². The molecule has 0 bridgehead atoms. The molecule has 1 heterocycles. The van der Waals surface area contributed by atoms with Crippen LogP contribution in [0.2, 0.25) is 0 Å². The average Bonchev–Trinajstić information content (AvgIpc) is 2.28. The van der Waals surface area contributed by atoms with Gasteiger partial charge in [0.25, 0.3) is 0 Å². The molecule has 0 aromatic heterocycles. The number of ether oxygens (including phenoxy) is 2. The number of hydrogen-bond donors (Lipinski definition) is 5. The molecule has 1 aliphatic heterocycles. The number of aliphatic hydroxyl groups excluding tert-OH is 3. The predicted octanol–water partition coefficient (Wildman–Crippen LogP) is -3.67. The van der Waals surface area contributed by atoms with E-state index in [9.17, 15) is 15.0 Å². The van der Waals surface area contributed by atoms with Gasteiger partial charge < -0.3 is 35.6 Å². The Labute approximate surface area is 124 Å². The minimum atomic E-state index is -1.43. The summed E-state index contributed by atoms with van der Waals surface area (Å²) in [6.45, 7) is 0.740. The Kier molecular flexibility index (Phi) is 7.74. The Morgan fingerprint density at radius 3 is 2.50 bits per heavy atom. The second-order valence-electron chi connectivity index (χ2n) is 3.90. The van der Waals surface area contributed by atoms with Crippen molar-refractivity contribution in [2.75, 3.05) is 6.61 Å². The molecule has 0 aromatic carbocycles. The van der Waals surface area contributed by atoms with Gasteiger partial charge in [-0.1, -0.05) is 0 Å². The maximum atomic E-state index is 10.6. The van der Waals surface area contributed by atoms with Crippen LogP contribution >= 0.6 is 0 Å². The molecule has 18 heavy (non-hydrogen) atoms. The molecule has 1 aliphatic rings. The minimum absolute atomic E-state index is 0. The van der Waals surface area contributed by atoms with Crippen LogP contribution in [0.5, 0.6) is 0 Å². The molecular formula is C9H19NO7Pb. The van der Waals surface area contributed by atoms with Crippen LogP contribution < -0.4 is 5.73 Å². The van der Waals surface area contributed by atoms with Crippen LogP contribution in [0.3, 0.4) is 0 Å². The predicted molar refractivity (Wildman–Crippen MR) is 62.5 cm³/mol. The van der Waals surface area contributed by atoms with Crippen molar-refractivity contribution in [2.45, 2.75) is 43.7 Å². The van der Waals surface area contributed by atoms with E-state index in [4.69, 9.17) is 25.4 Å². The maximum absolute atomic E-state index is 10.6. The van der Waals surface area contributed by atoms with E-state index in [1.165, 1.54) is 6.92 Å². The summed E-state index contributed by atoms with van der Waals surface area (Å²) in [4.78, 5) is 10.6. The molecule has 0 aliphatic carbocycles. The zero-order valence-electron chi connectivity index (χ0n) is 9.97. The van der Waals surface area contributed by atoms with E-state index >= 15 is 0 Å². The number of carboxylic acid groups (broad SMARTS) is 1. The molecule has 1 saturated heterocycles. The molecule has 0 spiro atoms. The van der Waals surface area contributed by atoms with Crippen LogP contribution in [-0.4, -0.2) is 97.0 Å². The monoisotopic (exact) mass is 461 g/mol. The summed E-state index contributed by atoms with van der Waals surface area (Å²) in [6, 6.07) is -1.09. The summed E-state index contributed by atoms with van der Waals surface area (Å²) in [5.41, 5.74) is 5.54. The van der Waals surface area contributed by atoms with Crippen LogP contribution in [0.1, 0.15) is 6.92 Å². The van der Waals surface area contributed by atoms with Crippen molar-refractivity contribution in [1.29, 1.82) is 0 Å². The summed E-state index contributed by atoms with van der Waals surface area (Å²) in [5.74, 6) is -1.22. The van der Waals surface area contributed by atoms with Crippen molar-refractivity contribution in [3.63, 3.8) is 0 Å². The fourth-order valence-electron chi connectivity index (χ4n) is 1.57. The second kappa shape index (κ2) is 7.67. The molecule has 1 fully saturated rings. The average molecular weight is 460 g/mol. The SMILES string of the molecule is C[C@@H](O[C@@H]1[C@@H](N)[C@@H](O)O[C@H](CO)[C@H]1O)C(=O)O.[PbH2]. The molecular weight excluding hydrogens is 441 g/mol. The molecule has 0 unspecified atom stereocenters. The molecule has 1 rings (SSSR count). The van der Waals surface area contributed by atoms with Gasteiger partial charge in [-0.2, -0.15) is 0 Å². The van der Waals surface area contributed by atoms with Crippen molar-refractivity contribution in [1.82, 2.24) is 0 Å². The van der Waals surface area contributed by atoms with Crippen LogP contribution in [0.4, 0.5) is 0 Å². The number of carboxylic acids is 1. The zero-order valence-corrected chi connectivity index (χ0v) is 15.5. The van der Waals surface area contributed by atoms with E-state index in [1.54, 1.807) is 0 Å². The first-order chi connectivity index (χ1) is 7.88. The van der Waals surface area contributed by atoms with E-state index in [0.29, 0.717) is 0 Å². The summed E-state index contributed by atoms with van der Waals surface area (Å²) >= 11 is 0. The quantitative estimate of drug-likeness (QED) is 0.270. The third-order valence-electron chi connectivity index (χ3n) is 2.63. The van der Waals surface area contributed by atoms with Gasteiger partial charge in [0.15, 0.2) is 12.4 Å². The van der Waals surface area contributed by atoms with Gasteiger partial charge in [-0.25, -0.2) is 4.79 Å². The Morgan fingerprint density at radius 2 is 2.06 bits per heavy atom. The van der Waals surface area contributed by atoms with Crippen LogP contribution in [-0.2, 0) is 14.3 Å². The fraction of sp³-hybridized carbons (Fsp3) is 0.889. The van der Waals surface area contributed by atoms with Crippen molar-refractivity contribution >= 4 is 33.3 Å². The van der Waals surface area contributed by atoms with E-state index in [2.05, 4.69) is 0 Å². The standard InChI is InChI=1S/C9H17NO7.Pb.2H/c1-3(8(13)14)16-7-5(10)9(15)17-4(2-11)6(7)12;;;/h3-7,9,11-12,15H,2,10H2,1H3,(H,13,14);;;/t3-,4-,5-,6-,7-,9+;;;/m1.../s1. The topological polar surface area (TPSA) is 142 Å². The van der Waals surface area contributed by atoms with Gasteiger partial charge in [0.1, 0.15) is 18.3 Å². The van der Waals surface area contributed by atoms with Crippen molar-refractivity contribution in [3.05, 3.63) is 0 Å². The molecule has 6 atom stereocenters. The molecule has 9 heteroatoms. The molecule has 106 valence electrons. The number of nitrogens with two attached hydrogens (primary N) is 1. The summed E-state index contributed by atoms with van der Waals surface area (Å²) in [5, 5.41) is 36.8. The van der Waals surface area contributed by atoms with Crippen molar-refractivity contribution in [2.24, 2.45) is 5.73 Å². The van der Waals surface area contributed by atoms with Gasteiger partial charge in [-0.15, -0.1) is 0 Å². The second-order valence-corrected chi connectivity index (χ2v) is 3.90.